The zero-order chi connectivity index (χ0) is 28.1. The zero-order valence-corrected chi connectivity index (χ0v) is 24.5. The second-order valence-corrected chi connectivity index (χ2v) is 11.1. The van der Waals surface area contributed by atoms with Gasteiger partial charge in [-0.05, 0) is 58.4 Å². The molecule has 2 heterocycles. The molecule has 0 aliphatic carbocycles. The quantitative estimate of drug-likeness (QED) is 0.217. The molecule has 0 aliphatic rings. The number of carbonyl (C=O) groups is 3. The van der Waals surface area contributed by atoms with Crippen molar-refractivity contribution >= 4 is 69.1 Å². The van der Waals surface area contributed by atoms with Gasteiger partial charge in [-0.25, -0.2) is 4.79 Å². The van der Waals surface area contributed by atoms with E-state index in [1.807, 2.05) is 18.4 Å². The average Bonchev–Trinajstić information content (AvgIpc) is 3.39. The maximum atomic E-state index is 12.8. The molecule has 0 bridgehead atoms. The molecule has 1 unspecified atom stereocenters. The number of nitrogens with one attached hydrogen (secondary N) is 1. The Morgan fingerprint density at radius 2 is 1.92 bits per heavy atom. The first-order chi connectivity index (χ1) is 17.9. The number of esters is 1. The second-order valence-electron chi connectivity index (χ2n) is 8.34. The molecule has 204 valence electrons. The van der Waals surface area contributed by atoms with Gasteiger partial charge in [0.05, 0.1) is 27.3 Å². The van der Waals surface area contributed by atoms with E-state index in [0.29, 0.717) is 38.9 Å². The van der Waals surface area contributed by atoms with Crippen LogP contribution in [0.15, 0.2) is 23.4 Å². The van der Waals surface area contributed by atoms with E-state index in [1.54, 1.807) is 39.0 Å². The molecule has 14 heteroatoms. The van der Waals surface area contributed by atoms with Gasteiger partial charge in [-0.3, -0.25) is 9.59 Å². The number of anilines is 1. The summed E-state index contributed by atoms with van der Waals surface area (Å²) in [6, 6.07) is 4.94. The van der Waals surface area contributed by atoms with Crippen LogP contribution in [0.5, 0.6) is 5.75 Å². The number of benzene rings is 1. The standard InChI is InChI=1S/C24H27Cl2N5O5S2/c1-6-31-21(13(5)36-16-8-7-14(25)9-15(16)26)29-30-24(31)37-10-17(32)28-22-18(23(34)35-11(2)3)12(4)19(38-22)20(27)33/h7-9,11,13H,6,10H2,1-5H3,(H2,27,33)(H,28,32). The van der Waals surface area contributed by atoms with Crippen molar-refractivity contribution in [3.05, 3.63) is 50.1 Å². The molecule has 2 aromatic heterocycles. The maximum Gasteiger partial charge on any atom is 0.341 e. The number of hydrogen-bond acceptors (Lipinski definition) is 9. The van der Waals surface area contributed by atoms with Crippen LogP contribution in [0.4, 0.5) is 5.00 Å². The number of ether oxygens (including phenoxy) is 2. The normalized spacial score (nSPS) is 11.9. The van der Waals surface area contributed by atoms with E-state index in [1.165, 1.54) is 11.8 Å². The Bertz CT molecular complexity index is 1360. The van der Waals surface area contributed by atoms with Gasteiger partial charge in [-0.15, -0.1) is 21.5 Å². The number of carbonyl (C=O) groups excluding carboxylic acids is 3. The predicted octanol–water partition coefficient (Wildman–Crippen LogP) is 5.51. The van der Waals surface area contributed by atoms with Crippen molar-refractivity contribution in [3.8, 4) is 5.75 Å². The van der Waals surface area contributed by atoms with Crippen molar-refractivity contribution < 1.29 is 23.9 Å². The Labute approximate surface area is 238 Å². The van der Waals surface area contributed by atoms with Crippen LogP contribution in [0.2, 0.25) is 10.0 Å². The molecule has 38 heavy (non-hydrogen) atoms. The van der Waals surface area contributed by atoms with Gasteiger partial charge in [0.2, 0.25) is 5.91 Å². The molecule has 1 atom stereocenters. The van der Waals surface area contributed by atoms with Gasteiger partial charge in [0, 0.05) is 11.6 Å². The summed E-state index contributed by atoms with van der Waals surface area (Å²) >= 11 is 14.3. The van der Waals surface area contributed by atoms with Gasteiger partial charge < -0.3 is 25.1 Å². The van der Waals surface area contributed by atoms with Gasteiger partial charge in [0.15, 0.2) is 17.1 Å². The Kier molecular flexibility index (Phi) is 10.0. The summed E-state index contributed by atoms with van der Waals surface area (Å²) in [4.78, 5) is 37.5. The second kappa shape index (κ2) is 12.8. The molecule has 3 N–H and O–H groups in total. The number of primary amides is 1. The van der Waals surface area contributed by atoms with E-state index in [0.717, 1.165) is 11.3 Å². The van der Waals surface area contributed by atoms with Gasteiger partial charge >= 0.3 is 5.97 Å². The third-order valence-electron chi connectivity index (χ3n) is 5.13. The molecule has 0 radical (unpaired) electrons. The molecule has 0 saturated carbocycles. The Hall–Kier alpha value is -2.80. The van der Waals surface area contributed by atoms with Gasteiger partial charge in [0.25, 0.3) is 5.91 Å². The highest BCUT2D eigenvalue weighted by molar-refractivity contribution is 7.99. The summed E-state index contributed by atoms with van der Waals surface area (Å²) in [5.74, 6) is -0.764. The number of nitrogens with zero attached hydrogens (tertiary/aromatic N) is 3. The molecule has 0 saturated heterocycles. The van der Waals surface area contributed by atoms with E-state index in [2.05, 4.69) is 15.5 Å². The molecule has 0 fully saturated rings. The van der Waals surface area contributed by atoms with E-state index in [9.17, 15) is 14.4 Å². The summed E-state index contributed by atoms with van der Waals surface area (Å²) in [6.45, 7) is 9.27. The highest BCUT2D eigenvalue weighted by atomic mass is 35.5. The number of rotatable bonds is 11. The number of halogens is 2. The topological polar surface area (TPSA) is 138 Å². The van der Waals surface area contributed by atoms with Crippen molar-refractivity contribution in [3.63, 3.8) is 0 Å². The van der Waals surface area contributed by atoms with Crippen LogP contribution in [-0.2, 0) is 16.1 Å². The number of hydrogen-bond donors (Lipinski definition) is 2. The van der Waals surface area contributed by atoms with Crippen molar-refractivity contribution in [2.24, 2.45) is 5.73 Å². The Morgan fingerprint density at radius 3 is 2.53 bits per heavy atom. The van der Waals surface area contributed by atoms with Gasteiger partial charge in [0.1, 0.15) is 10.8 Å². The summed E-state index contributed by atoms with van der Waals surface area (Å²) < 4.78 is 13.1. The minimum absolute atomic E-state index is 0.0299. The van der Waals surface area contributed by atoms with Crippen molar-refractivity contribution in [1.29, 1.82) is 0 Å². The van der Waals surface area contributed by atoms with Crippen LogP contribution in [0.25, 0.3) is 0 Å². The van der Waals surface area contributed by atoms with Gasteiger partial charge in [-0.2, -0.15) is 0 Å². The van der Waals surface area contributed by atoms with Crippen LogP contribution < -0.4 is 15.8 Å². The average molecular weight is 601 g/mol. The first kappa shape index (κ1) is 29.8. The fraction of sp³-hybridized carbons (Fsp3) is 0.375. The Balaban J connectivity index is 1.73. The minimum Gasteiger partial charge on any atom is -0.481 e. The van der Waals surface area contributed by atoms with Crippen LogP contribution in [0, 0.1) is 6.92 Å². The first-order valence-electron chi connectivity index (χ1n) is 11.5. The van der Waals surface area contributed by atoms with Crippen LogP contribution in [0.1, 0.15) is 65.2 Å². The van der Waals surface area contributed by atoms with Crippen molar-refractivity contribution in [2.45, 2.75) is 58.5 Å². The van der Waals surface area contributed by atoms with Gasteiger partial charge in [-0.1, -0.05) is 35.0 Å². The summed E-state index contributed by atoms with van der Waals surface area (Å²) in [6.07, 6.45) is -0.866. The number of thiophene rings is 1. The lowest BCUT2D eigenvalue weighted by atomic mass is 10.1. The highest BCUT2D eigenvalue weighted by Crippen LogP contribution is 2.35. The molecular weight excluding hydrogens is 573 g/mol. The van der Waals surface area contributed by atoms with Crippen LogP contribution >= 0.6 is 46.3 Å². The molecule has 3 aromatic rings. The fourth-order valence-corrected chi connectivity index (χ4v) is 5.79. The molecule has 0 spiro atoms. The first-order valence-corrected chi connectivity index (χ1v) is 14.1. The van der Waals surface area contributed by atoms with E-state index in [-0.39, 0.29) is 27.3 Å². The number of nitrogens with two attached hydrogens (primary N) is 1. The fourth-order valence-electron chi connectivity index (χ4n) is 3.47. The lowest BCUT2D eigenvalue weighted by Crippen LogP contribution is -2.18. The lowest BCUT2D eigenvalue weighted by molar-refractivity contribution is -0.113. The van der Waals surface area contributed by atoms with Crippen LogP contribution in [-0.4, -0.2) is 44.4 Å². The Morgan fingerprint density at radius 1 is 1.21 bits per heavy atom. The predicted molar refractivity (Wildman–Crippen MR) is 149 cm³/mol. The molecule has 1 aromatic carbocycles. The van der Waals surface area contributed by atoms with E-state index >= 15 is 0 Å². The molecular formula is C24H27Cl2N5O5S2. The van der Waals surface area contributed by atoms with E-state index in [4.69, 9.17) is 38.4 Å². The number of aromatic nitrogens is 3. The SMILES string of the molecule is CCn1c(SCC(=O)Nc2sc(C(N)=O)c(C)c2C(=O)OC(C)C)nnc1C(C)Oc1ccc(Cl)cc1Cl. The minimum atomic E-state index is -0.694. The number of thioether (sulfide) groups is 1. The third kappa shape index (κ3) is 6.99. The highest BCUT2D eigenvalue weighted by Gasteiger charge is 2.27. The van der Waals surface area contributed by atoms with Crippen LogP contribution in [0.3, 0.4) is 0 Å². The summed E-state index contributed by atoms with van der Waals surface area (Å²) in [5.41, 5.74) is 5.92. The van der Waals surface area contributed by atoms with Crippen molar-refractivity contribution in [2.75, 3.05) is 11.1 Å². The third-order valence-corrected chi connectivity index (χ3v) is 7.84. The summed E-state index contributed by atoms with van der Waals surface area (Å²) in [5, 5.41) is 12.7. The van der Waals surface area contributed by atoms with E-state index < -0.39 is 23.9 Å². The molecule has 3 rings (SSSR count). The smallest absolute Gasteiger partial charge is 0.341 e. The lowest BCUT2D eigenvalue weighted by Gasteiger charge is -2.16. The summed E-state index contributed by atoms with van der Waals surface area (Å²) in [7, 11) is 0. The molecule has 10 nitrogen and oxygen atoms in total. The number of amides is 2. The maximum absolute atomic E-state index is 12.8. The molecule has 0 aliphatic heterocycles. The van der Waals surface area contributed by atoms with Crippen molar-refractivity contribution in [1.82, 2.24) is 14.8 Å². The largest absolute Gasteiger partial charge is 0.481 e. The molecule has 2 amide bonds. The monoisotopic (exact) mass is 599 g/mol. The zero-order valence-electron chi connectivity index (χ0n) is 21.3.